The first-order chi connectivity index (χ1) is 10.9. The molecule has 1 rings (SSSR count). The van der Waals surface area contributed by atoms with E-state index >= 15 is 0 Å². The third-order valence-electron chi connectivity index (χ3n) is 3.03. The molecule has 124 valence electrons. The molecular weight excluding hydrogens is 296 g/mol. The van der Waals surface area contributed by atoms with Crippen LogP contribution in [0.4, 0.5) is 5.69 Å². The number of esters is 1. The highest BCUT2D eigenvalue weighted by Crippen LogP contribution is 2.18. The lowest BCUT2D eigenvalue weighted by Crippen LogP contribution is -2.35. The summed E-state index contributed by atoms with van der Waals surface area (Å²) in [5.74, 6) is -1.45. The number of anilines is 1. The maximum Gasteiger partial charge on any atom is 0.330 e. The van der Waals surface area contributed by atoms with Gasteiger partial charge in [-0.05, 0) is 31.4 Å². The molecule has 0 heterocycles. The van der Waals surface area contributed by atoms with E-state index in [2.05, 4.69) is 10.6 Å². The highest BCUT2D eigenvalue weighted by Gasteiger charge is 2.10. The van der Waals surface area contributed by atoms with Crippen molar-refractivity contribution < 1.29 is 19.1 Å². The number of nitrogens with one attached hydrogen (secondary N) is 2. The number of allylic oxidation sites excluding steroid dienone is 1. The molecule has 0 aliphatic carbocycles. The van der Waals surface area contributed by atoms with E-state index in [1.807, 2.05) is 39.0 Å². The molecule has 2 amide bonds. The lowest BCUT2D eigenvalue weighted by Gasteiger charge is -2.11. The van der Waals surface area contributed by atoms with Gasteiger partial charge in [0.25, 0.3) is 5.91 Å². The molecule has 0 bridgehead atoms. The van der Waals surface area contributed by atoms with Gasteiger partial charge < -0.3 is 15.4 Å². The van der Waals surface area contributed by atoms with Gasteiger partial charge in [-0.3, -0.25) is 9.59 Å². The molecule has 6 heteroatoms. The number of ether oxygens (including phenoxy) is 1. The number of benzene rings is 1. The smallest absolute Gasteiger partial charge is 0.330 e. The van der Waals surface area contributed by atoms with E-state index in [4.69, 9.17) is 4.74 Å². The first-order valence-electron chi connectivity index (χ1n) is 7.40. The Balaban J connectivity index is 2.37. The van der Waals surface area contributed by atoms with Gasteiger partial charge in [-0.1, -0.05) is 31.2 Å². The van der Waals surface area contributed by atoms with E-state index in [0.717, 1.165) is 16.8 Å². The van der Waals surface area contributed by atoms with Crippen LogP contribution in [-0.4, -0.2) is 30.9 Å². The summed E-state index contributed by atoms with van der Waals surface area (Å²) in [5, 5.41) is 5.15. The van der Waals surface area contributed by atoms with Crippen LogP contribution in [0.25, 0.3) is 0 Å². The Kier molecular flexibility index (Phi) is 7.53. The highest BCUT2D eigenvalue weighted by atomic mass is 16.5. The average molecular weight is 318 g/mol. The van der Waals surface area contributed by atoms with Gasteiger partial charge in [0.2, 0.25) is 5.91 Å². The van der Waals surface area contributed by atoms with E-state index in [-0.39, 0.29) is 12.5 Å². The predicted molar refractivity (Wildman–Crippen MR) is 87.9 cm³/mol. The molecular formula is C17H22N2O4. The van der Waals surface area contributed by atoms with Crippen LogP contribution in [0.15, 0.2) is 30.4 Å². The predicted octanol–water partition coefficient (Wildman–Crippen LogP) is 1.87. The Bertz CT molecular complexity index is 588. The topological polar surface area (TPSA) is 84.5 Å². The summed E-state index contributed by atoms with van der Waals surface area (Å²) in [4.78, 5) is 34.6. The second-order valence-corrected chi connectivity index (χ2v) is 5.01. The number of carbonyl (C=O) groups is 3. The zero-order chi connectivity index (χ0) is 17.2. The second-order valence-electron chi connectivity index (χ2n) is 5.01. The minimum absolute atomic E-state index is 0.186. The average Bonchev–Trinajstić information content (AvgIpc) is 2.52. The van der Waals surface area contributed by atoms with Gasteiger partial charge >= 0.3 is 5.97 Å². The normalized spacial score (nSPS) is 10.4. The van der Waals surface area contributed by atoms with Crippen LogP contribution in [0, 0.1) is 13.8 Å². The summed E-state index contributed by atoms with van der Waals surface area (Å²) in [6, 6.07) is 5.69. The minimum atomic E-state index is -0.581. The molecule has 0 fully saturated rings. The molecule has 0 atom stereocenters. The lowest BCUT2D eigenvalue weighted by atomic mass is 10.1. The van der Waals surface area contributed by atoms with E-state index in [9.17, 15) is 14.4 Å². The van der Waals surface area contributed by atoms with Crippen LogP contribution in [0.1, 0.15) is 24.5 Å². The second kappa shape index (κ2) is 9.40. The molecule has 1 aromatic rings. The fraction of sp³-hybridized carbons (Fsp3) is 0.353. The van der Waals surface area contributed by atoms with Gasteiger partial charge in [-0.25, -0.2) is 4.79 Å². The third-order valence-corrected chi connectivity index (χ3v) is 3.03. The summed E-state index contributed by atoms with van der Waals surface area (Å²) in [5.41, 5.74) is 2.63. The highest BCUT2D eigenvalue weighted by molar-refractivity contribution is 5.96. The van der Waals surface area contributed by atoms with Crippen molar-refractivity contribution in [2.75, 3.05) is 18.5 Å². The number of hydrogen-bond acceptors (Lipinski definition) is 4. The molecule has 0 aromatic heterocycles. The van der Waals surface area contributed by atoms with Gasteiger partial charge in [-0.15, -0.1) is 0 Å². The minimum Gasteiger partial charge on any atom is -0.452 e. The third kappa shape index (κ3) is 6.78. The molecule has 2 N–H and O–H groups in total. The summed E-state index contributed by atoms with van der Waals surface area (Å²) >= 11 is 0. The van der Waals surface area contributed by atoms with Crippen molar-refractivity contribution in [3.8, 4) is 0 Å². The number of carbonyl (C=O) groups excluding carboxylic acids is 3. The number of amides is 2. The zero-order valence-electron chi connectivity index (χ0n) is 13.6. The number of rotatable bonds is 7. The summed E-state index contributed by atoms with van der Waals surface area (Å²) in [7, 11) is 0. The van der Waals surface area contributed by atoms with Crippen molar-refractivity contribution in [3.05, 3.63) is 41.5 Å². The van der Waals surface area contributed by atoms with E-state index in [0.29, 0.717) is 6.42 Å². The monoisotopic (exact) mass is 318 g/mol. The van der Waals surface area contributed by atoms with Crippen LogP contribution >= 0.6 is 0 Å². The van der Waals surface area contributed by atoms with Crippen molar-refractivity contribution in [1.82, 2.24) is 5.32 Å². The Hall–Kier alpha value is -2.63. The molecule has 0 saturated carbocycles. The van der Waals surface area contributed by atoms with Gasteiger partial charge in [0.05, 0.1) is 6.54 Å². The number of aryl methyl sites for hydroxylation is 2. The van der Waals surface area contributed by atoms with Crippen molar-refractivity contribution in [1.29, 1.82) is 0 Å². The maximum atomic E-state index is 11.9. The molecule has 0 spiro atoms. The van der Waals surface area contributed by atoms with Crippen molar-refractivity contribution in [3.63, 3.8) is 0 Å². The van der Waals surface area contributed by atoms with Crippen molar-refractivity contribution in [2.45, 2.75) is 27.2 Å². The van der Waals surface area contributed by atoms with Crippen LogP contribution in [0.3, 0.4) is 0 Å². The quantitative estimate of drug-likeness (QED) is 0.594. The Morgan fingerprint density at radius 1 is 1.13 bits per heavy atom. The lowest BCUT2D eigenvalue weighted by molar-refractivity contribution is -0.143. The van der Waals surface area contributed by atoms with Crippen LogP contribution in [-0.2, 0) is 19.1 Å². The number of hydrogen-bond donors (Lipinski definition) is 2. The Labute approximate surface area is 135 Å². The summed E-state index contributed by atoms with van der Waals surface area (Å²) in [6.45, 7) is 5.07. The fourth-order valence-electron chi connectivity index (χ4n) is 1.82. The molecule has 23 heavy (non-hydrogen) atoms. The van der Waals surface area contributed by atoms with Crippen molar-refractivity contribution >= 4 is 23.5 Å². The standard InChI is InChI=1S/C17H22N2O4/c1-4-5-9-16(22)23-11-15(21)18-10-14(20)19-17-12(2)7-6-8-13(17)3/h5-9H,4,10-11H2,1-3H3,(H,18,21)(H,19,20)/b9-5+. The maximum absolute atomic E-state index is 11.9. The Morgan fingerprint density at radius 2 is 1.78 bits per heavy atom. The first kappa shape index (κ1) is 18.4. The fourth-order valence-corrected chi connectivity index (χ4v) is 1.82. The molecule has 0 aliphatic rings. The largest absolute Gasteiger partial charge is 0.452 e. The molecule has 0 radical (unpaired) electrons. The van der Waals surface area contributed by atoms with Gasteiger partial charge in [0.1, 0.15) is 0 Å². The van der Waals surface area contributed by atoms with Gasteiger partial charge in [0.15, 0.2) is 6.61 Å². The first-order valence-corrected chi connectivity index (χ1v) is 7.40. The number of para-hydroxylation sites is 1. The van der Waals surface area contributed by atoms with E-state index in [1.54, 1.807) is 6.08 Å². The van der Waals surface area contributed by atoms with Gasteiger partial charge in [0, 0.05) is 11.8 Å². The summed E-state index contributed by atoms with van der Waals surface area (Å²) < 4.78 is 4.73. The van der Waals surface area contributed by atoms with E-state index < -0.39 is 18.5 Å². The van der Waals surface area contributed by atoms with Crippen LogP contribution in [0.2, 0.25) is 0 Å². The summed E-state index contributed by atoms with van der Waals surface area (Å²) in [6.07, 6.45) is 3.61. The van der Waals surface area contributed by atoms with E-state index in [1.165, 1.54) is 6.08 Å². The van der Waals surface area contributed by atoms with Crippen LogP contribution < -0.4 is 10.6 Å². The molecule has 1 aromatic carbocycles. The SMILES string of the molecule is CC/C=C/C(=O)OCC(=O)NCC(=O)Nc1c(C)cccc1C. The van der Waals surface area contributed by atoms with Crippen molar-refractivity contribution in [2.24, 2.45) is 0 Å². The molecule has 0 saturated heterocycles. The zero-order valence-corrected chi connectivity index (χ0v) is 13.6. The van der Waals surface area contributed by atoms with Crippen LogP contribution in [0.5, 0.6) is 0 Å². The molecule has 6 nitrogen and oxygen atoms in total. The molecule has 0 unspecified atom stereocenters. The van der Waals surface area contributed by atoms with Gasteiger partial charge in [-0.2, -0.15) is 0 Å². The molecule has 0 aliphatic heterocycles. The Morgan fingerprint density at radius 3 is 2.39 bits per heavy atom.